The Kier molecular flexibility index (Phi) is 7.24. The summed E-state index contributed by atoms with van der Waals surface area (Å²) in [6.07, 6.45) is 5.38. The number of nitrogens with one attached hydrogen (secondary N) is 4. The maximum atomic E-state index is 14.0. The number of ether oxygens (including phenoxy) is 1. The molecule has 0 spiro atoms. The van der Waals surface area contributed by atoms with Crippen molar-refractivity contribution < 1.29 is 17.9 Å². The third-order valence-electron chi connectivity index (χ3n) is 9.16. The number of alkyl halides is 3. The van der Waals surface area contributed by atoms with Gasteiger partial charge in [-0.1, -0.05) is 31.9 Å². The summed E-state index contributed by atoms with van der Waals surface area (Å²) in [7, 11) is 0. The summed E-state index contributed by atoms with van der Waals surface area (Å²) in [6.45, 7) is 5.46. The Morgan fingerprint density at radius 1 is 1.22 bits per heavy atom. The zero-order valence-electron chi connectivity index (χ0n) is 25.1. The van der Waals surface area contributed by atoms with Gasteiger partial charge in [0.1, 0.15) is 6.07 Å². The minimum atomic E-state index is -4.40. The number of nitriles is 1. The highest BCUT2D eigenvalue weighted by molar-refractivity contribution is 7.17. The minimum absolute atomic E-state index is 0.00208. The van der Waals surface area contributed by atoms with Crippen molar-refractivity contribution in [3.8, 4) is 18.4 Å². The summed E-state index contributed by atoms with van der Waals surface area (Å²) in [5, 5.41) is 19.2. The third kappa shape index (κ3) is 5.05. The highest BCUT2D eigenvalue weighted by Gasteiger charge is 2.67. The first-order valence-corrected chi connectivity index (χ1v) is 15.8. The highest BCUT2D eigenvalue weighted by Crippen LogP contribution is 2.54. The van der Waals surface area contributed by atoms with Crippen LogP contribution in [0.2, 0.25) is 0 Å². The van der Waals surface area contributed by atoms with E-state index in [9.17, 15) is 18.4 Å². The van der Waals surface area contributed by atoms with Gasteiger partial charge in [0, 0.05) is 41.5 Å². The minimum Gasteiger partial charge on any atom is -0.381 e. The summed E-state index contributed by atoms with van der Waals surface area (Å²) in [6, 6.07) is 10.9. The lowest BCUT2D eigenvalue weighted by atomic mass is 9.81. The Hall–Kier alpha value is -4.56. The van der Waals surface area contributed by atoms with Crippen molar-refractivity contribution in [1.29, 1.82) is 5.26 Å². The van der Waals surface area contributed by atoms with E-state index in [0.29, 0.717) is 52.3 Å². The fourth-order valence-corrected chi connectivity index (χ4v) is 7.15. The number of nitrogens with zero attached hydrogens (tertiary/aromatic N) is 4. The Morgan fingerprint density at radius 3 is 2.76 bits per heavy atom. The topological polar surface area (TPSA) is 110 Å². The molecule has 46 heavy (non-hydrogen) atoms. The second-order valence-electron chi connectivity index (χ2n) is 12.6. The van der Waals surface area contributed by atoms with Crippen LogP contribution in [0.5, 0.6) is 0 Å². The number of rotatable bonds is 7. The lowest BCUT2D eigenvalue weighted by Gasteiger charge is -2.39. The average Bonchev–Trinajstić information content (AvgIpc) is 3.47. The molecular formula is C33H31F3N8OS. The van der Waals surface area contributed by atoms with Gasteiger partial charge in [-0.2, -0.15) is 18.4 Å². The Labute approximate surface area is 267 Å². The quantitative estimate of drug-likeness (QED) is 0.171. The predicted molar refractivity (Wildman–Crippen MR) is 171 cm³/mol. The average molecular weight is 645 g/mol. The molecule has 0 bridgehead atoms. The molecule has 0 radical (unpaired) electrons. The third-order valence-corrected chi connectivity index (χ3v) is 10.0. The molecule has 4 N–H and O–H groups in total. The lowest BCUT2D eigenvalue weighted by molar-refractivity contribution is -0.195. The van der Waals surface area contributed by atoms with Crippen LogP contribution < -0.4 is 21.6 Å². The van der Waals surface area contributed by atoms with E-state index in [1.54, 1.807) is 17.8 Å². The van der Waals surface area contributed by atoms with Crippen molar-refractivity contribution in [2.45, 2.75) is 56.9 Å². The van der Waals surface area contributed by atoms with Crippen LogP contribution in [0.15, 0.2) is 53.9 Å². The van der Waals surface area contributed by atoms with E-state index in [0.717, 1.165) is 27.2 Å². The maximum absolute atomic E-state index is 14.0. The Balaban J connectivity index is 1.34. The second kappa shape index (κ2) is 11.1. The molecule has 13 heteroatoms. The van der Waals surface area contributed by atoms with Gasteiger partial charge in [-0.15, -0.1) is 23.3 Å². The van der Waals surface area contributed by atoms with Gasteiger partial charge < -0.3 is 20.8 Å². The molecule has 2 aromatic heterocycles. The summed E-state index contributed by atoms with van der Waals surface area (Å²) >= 11 is 1.45. The summed E-state index contributed by atoms with van der Waals surface area (Å²) in [5.74, 6) is 2.74. The number of fused-ring (bicyclic) bond motifs is 2. The Morgan fingerprint density at radius 2 is 2.04 bits per heavy atom. The van der Waals surface area contributed by atoms with E-state index < -0.39 is 17.8 Å². The summed E-state index contributed by atoms with van der Waals surface area (Å²) in [5.41, 5.74) is 10.0. The first kappa shape index (κ1) is 30.1. The zero-order valence-corrected chi connectivity index (χ0v) is 25.9. The van der Waals surface area contributed by atoms with Gasteiger partial charge in [0.15, 0.2) is 5.54 Å². The smallest absolute Gasteiger partial charge is 0.381 e. The van der Waals surface area contributed by atoms with E-state index in [-0.39, 0.29) is 24.3 Å². The first-order valence-electron chi connectivity index (χ1n) is 14.9. The monoisotopic (exact) mass is 644 g/mol. The van der Waals surface area contributed by atoms with Gasteiger partial charge in [0.2, 0.25) is 0 Å². The van der Waals surface area contributed by atoms with Crippen LogP contribution in [-0.4, -0.2) is 45.9 Å². The highest BCUT2D eigenvalue weighted by atomic mass is 32.1. The van der Waals surface area contributed by atoms with E-state index in [1.807, 2.05) is 24.3 Å². The fourth-order valence-electron chi connectivity index (χ4n) is 6.32. The number of benzene rings is 2. The van der Waals surface area contributed by atoms with E-state index in [2.05, 4.69) is 57.4 Å². The SMILES string of the molecule is C#Cc1cnc2c(C#N)cc(N[C@H](C3=CN(C4(C(F)(F)F)CC4)NN3)c3cccc4ncsc34)cc2c1NC1CCOCC1(C)C. The molecule has 236 valence electrons. The number of halogens is 3. The molecule has 1 saturated carbocycles. The number of hydrogen-bond acceptors (Lipinski definition) is 10. The van der Waals surface area contributed by atoms with Crippen LogP contribution in [0.4, 0.5) is 24.5 Å². The Bertz CT molecular complexity index is 1950. The van der Waals surface area contributed by atoms with Gasteiger partial charge in [-0.05, 0) is 43.0 Å². The molecule has 3 aliphatic rings. The predicted octanol–water partition coefficient (Wildman–Crippen LogP) is 6.34. The van der Waals surface area contributed by atoms with Crippen molar-refractivity contribution in [2.24, 2.45) is 5.41 Å². The fraction of sp³-hybridized carbons (Fsp3) is 0.364. The van der Waals surface area contributed by atoms with Gasteiger partial charge in [0.25, 0.3) is 0 Å². The number of hydrazine groups is 2. The second-order valence-corrected chi connectivity index (χ2v) is 13.5. The molecule has 0 amide bonds. The van der Waals surface area contributed by atoms with Crippen LogP contribution in [-0.2, 0) is 4.74 Å². The first-order chi connectivity index (χ1) is 22.0. The molecule has 1 aliphatic carbocycles. The number of pyridine rings is 1. The van der Waals surface area contributed by atoms with Crippen LogP contribution >= 0.6 is 11.3 Å². The molecule has 4 heterocycles. The van der Waals surface area contributed by atoms with Crippen molar-refractivity contribution in [3.05, 3.63) is 70.6 Å². The molecule has 9 nitrogen and oxygen atoms in total. The normalized spacial score (nSPS) is 20.8. The van der Waals surface area contributed by atoms with Crippen LogP contribution in [0.3, 0.4) is 0 Å². The molecule has 2 aromatic carbocycles. The largest absolute Gasteiger partial charge is 0.413 e. The molecule has 4 aromatic rings. The standard InChI is InChI=1S/C33H31F3N8OS/c1-4-19-15-38-27-20(14-37)12-21(13-23(27)28(19)41-26-8-11-45-17-31(26,2)3)40-29(22-6-5-7-24-30(22)46-18-39-24)25-16-44(43-42-25)32(9-10-32)33(34,35)36/h1,5-7,12-13,15-16,18,26,29,40,42-43H,8-11,17H2,2-3H3,(H,38,41)/t26?,29-/m0/s1. The van der Waals surface area contributed by atoms with Gasteiger partial charge in [0.05, 0.1) is 56.4 Å². The molecule has 1 unspecified atom stereocenters. The van der Waals surface area contributed by atoms with Gasteiger partial charge in [-0.3, -0.25) is 9.99 Å². The number of terminal acetylenes is 1. The van der Waals surface area contributed by atoms with Crippen molar-refractivity contribution >= 4 is 43.8 Å². The zero-order chi connectivity index (χ0) is 32.3. The molecule has 2 atom stereocenters. The number of hydrogen-bond donors (Lipinski definition) is 4. The van der Waals surface area contributed by atoms with Crippen molar-refractivity contribution in [2.75, 3.05) is 23.8 Å². The maximum Gasteiger partial charge on any atom is 0.413 e. The molecule has 2 aliphatic heterocycles. The molecule has 7 rings (SSSR count). The molecule has 1 saturated heterocycles. The number of thiazole rings is 1. The number of aromatic nitrogens is 2. The van der Waals surface area contributed by atoms with E-state index in [1.165, 1.54) is 17.5 Å². The summed E-state index contributed by atoms with van der Waals surface area (Å²) in [4.78, 5) is 9.01. The van der Waals surface area contributed by atoms with Gasteiger partial charge in [-0.25, -0.2) is 4.98 Å². The molecular weight excluding hydrogens is 613 g/mol. The van der Waals surface area contributed by atoms with E-state index >= 15 is 0 Å². The van der Waals surface area contributed by atoms with E-state index in [4.69, 9.17) is 11.2 Å². The molecule has 2 fully saturated rings. The summed E-state index contributed by atoms with van der Waals surface area (Å²) < 4.78 is 48.7. The lowest BCUT2D eigenvalue weighted by Crippen LogP contribution is -2.52. The van der Waals surface area contributed by atoms with Crippen LogP contribution in [0.1, 0.15) is 55.8 Å². The van der Waals surface area contributed by atoms with Gasteiger partial charge >= 0.3 is 6.18 Å². The van der Waals surface area contributed by atoms with Crippen molar-refractivity contribution in [1.82, 2.24) is 25.9 Å². The van der Waals surface area contributed by atoms with Crippen LogP contribution in [0.25, 0.3) is 21.1 Å². The number of anilines is 2. The van der Waals surface area contributed by atoms with Crippen LogP contribution in [0, 0.1) is 29.1 Å². The van der Waals surface area contributed by atoms with Crippen molar-refractivity contribution in [3.63, 3.8) is 0 Å².